The molecule has 0 radical (unpaired) electrons. The molecule has 0 bridgehead atoms. The maximum atomic E-state index is 11.6. The number of hydrogen-bond donors (Lipinski definition) is 3. The van der Waals surface area contributed by atoms with Crippen LogP contribution in [0, 0.1) is 28.6 Å². The van der Waals surface area contributed by atoms with Gasteiger partial charge < -0.3 is 44.2 Å². The lowest BCUT2D eigenvalue weighted by atomic mass is 10.1. The molecule has 0 amide bonds. The van der Waals surface area contributed by atoms with Crippen molar-refractivity contribution in [3.63, 3.8) is 0 Å². The van der Waals surface area contributed by atoms with Crippen LogP contribution in [0.4, 0.5) is 0 Å². The summed E-state index contributed by atoms with van der Waals surface area (Å²) >= 11 is 18.0. The van der Waals surface area contributed by atoms with Crippen LogP contribution in [0.25, 0.3) is 0 Å². The van der Waals surface area contributed by atoms with Crippen LogP contribution in [0.1, 0.15) is 30.9 Å². The van der Waals surface area contributed by atoms with Gasteiger partial charge in [-0.3, -0.25) is 9.59 Å². The van der Waals surface area contributed by atoms with Crippen LogP contribution >= 0.6 is 181 Å². The summed E-state index contributed by atoms with van der Waals surface area (Å²) in [6.45, 7) is 8.29. The number of nitrogens with one attached hydrogen (secondary N) is 2. The largest absolute Gasteiger partial charge is 0.491 e. The van der Waals surface area contributed by atoms with Crippen molar-refractivity contribution in [3.05, 3.63) is 88.2 Å². The average molecular weight is 1720 g/mol. The highest BCUT2D eigenvalue weighted by atomic mass is 127. The zero-order chi connectivity index (χ0) is 43.6. The third-order valence-corrected chi connectivity index (χ3v) is 14.4. The Bertz CT molecular complexity index is 1840. The number of ether oxygens (including phenoxy) is 6. The molecule has 0 atom stereocenters. The molecule has 326 valence electrons. The quantitative estimate of drug-likeness (QED) is 0.0389. The van der Waals surface area contributed by atoms with Gasteiger partial charge in [0.1, 0.15) is 28.8 Å². The van der Waals surface area contributed by atoms with Crippen molar-refractivity contribution in [1.82, 2.24) is 10.6 Å². The Labute approximate surface area is 460 Å². The molecule has 0 saturated heterocycles. The van der Waals surface area contributed by atoms with Gasteiger partial charge in [0.05, 0.1) is 74.6 Å². The first-order chi connectivity index (χ1) is 28.7. The molecule has 4 aromatic rings. The first kappa shape index (κ1) is 53.5. The van der Waals surface area contributed by atoms with Gasteiger partial charge in [-0.25, -0.2) is 0 Å². The zero-order valence-electron chi connectivity index (χ0n) is 32.3. The summed E-state index contributed by atoms with van der Waals surface area (Å²) < 4.78 is 43.7. The van der Waals surface area contributed by atoms with E-state index in [4.69, 9.17) is 33.5 Å². The maximum absolute atomic E-state index is 11.6. The van der Waals surface area contributed by atoms with E-state index in [1.807, 2.05) is 48.5 Å². The molecule has 11 nitrogen and oxygen atoms in total. The molecular weight excluding hydrogens is 1680 g/mol. The number of carboxylic acid groups (broad SMARTS) is 1. The number of halogens is 8. The molecule has 0 spiro atoms. The first-order valence-electron chi connectivity index (χ1n) is 18.5. The van der Waals surface area contributed by atoms with E-state index in [9.17, 15) is 9.59 Å². The van der Waals surface area contributed by atoms with Crippen molar-refractivity contribution < 1.29 is 43.1 Å². The Hall–Kier alpha value is 0.900. The molecule has 0 aliphatic carbocycles. The second-order valence-electron chi connectivity index (χ2n) is 13.0. The predicted molar refractivity (Wildman–Crippen MR) is 301 cm³/mol. The van der Waals surface area contributed by atoms with Gasteiger partial charge >= 0.3 is 5.97 Å². The summed E-state index contributed by atoms with van der Waals surface area (Å²) in [6, 6.07) is 15.6. The number of carbonyl (C=O) groups excluding carboxylic acids is 1. The van der Waals surface area contributed by atoms with Gasteiger partial charge in [0.25, 0.3) is 0 Å². The van der Waals surface area contributed by atoms with Gasteiger partial charge in [0, 0.05) is 19.5 Å². The minimum atomic E-state index is -0.858. The minimum Gasteiger partial charge on any atom is -0.491 e. The summed E-state index contributed by atoms with van der Waals surface area (Å²) in [6.07, 6.45) is 2.12. The lowest BCUT2D eigenvalue weighted by Crippen LogP contribution is -2.24. The highest BCUT2D eigenvalue weighted by Gasteiger charge is 2.17. The molecule has 0 heterocycles. The van der Waals surface area contributed by atoms with Crippen LogP contribution in [-0.4, -0.2) is 82.7 Å². The van der Waals surface area contributed by atoms with Crippen molar-refractivity contribution in [2.24, 2.45) is 0 Å². The standard InChI is InChI=1S/C41H42I8N2O9/c1-24(52)14-25-15-29(42)40(30(43)16-25)59-27-20-33(46)38(34(47)21-27)57-8-2-4-50-6-10-55-12-13-56-11-7-51-5-3-9-58-39-35(48)22-28(23-36(39)49)60-41-31(44)17-26(18-32(41)45)19-37(53)54/h15-18,20-23,50-51H,2-14,19H2,1H3,(H,53,54). The average Bonchev–Trinajstić information content (AvgIpc) is 3.15. The number of carbonyl (C=O) groups is 2. The van der Waals surface area contributed by atoms with Gasteiger partial charge in [0.15, 0.2) is 11.5 Å². The summed E-state index contributed by atoms with van der Waals surface area (Å²) in [5.74, 6) is 3.93. The number of ketones is 1. The van der Waals surface area contributed by atoms with Crippen LogP contribution in [0.15, 0.2) is 48.5 Å². The molecule has 0 aliphatic heterocycles. The van der Waals surface area contributed by atoms with Gasteiger partial charge in [-0.15, -0.1) is 0 Å². The second-order valence-corrected chi connectivity index (χ2v) is 22.3. The molecule has 4 rings (SSSR count). The number of carboxylic acids is 1. The Morgan fingerprint density at radius 2 is 0.833 bits per heavy atom. The van der Waals surface area contributed by atoms with E-state index in [0.29, 0.717) is 57.6 Å². The van der Waals surface area contributed by atoms with Crippen molar-refractivity contribution in [1.29, 1.82) is 0 Å². The summed E-state index contributed by atoms with van der Waals surface area (Å²) in [7, 11) is 0. The number of aliphatic carboxylic acids is 1. The lowest BCUT2D eigenvalue weighted by Gasteiger charge is -2.15. The lowest BCUT2D eigenvalue weighted by molar-refractivity contribution is -0.136. The molecule has 0 aliphatic rings. The fraction of sp³-hybridized carbons (Fsp3) is 0.366. The number of rotatable bonds is 27. The third kappa shape index (κ3) is 19.0. The number of hydrogen-bond acceptors (Lipinski definition) is 10. The fourth-order valence-electron chi connectivity index (χ4n) is 5.39. The molecule has 3 N–H and O–H groups in total. The topological polar surface area (TPSA) is 134 Å². The van der Waals surface area contributed by atoms with Gasteiger partial charge in [-0.2, -0.15) is 0 Å². The zero-order valence-corrected chi connectivity index (χ0v) is 49.5. The number of benzene rings is 4. The fourth-order valence-corrected chi connectivity index (χ4v) is 13.7. The molecule has 0 aromatic heterocycles. The Kier molecular flexibility index (Phi) is 25.7. The first-order valence-corrected chi connectivity index (χ1v) is 27.2. The third-order valence-electron chi connectivity index (χ3n) is 8.01. The van der Waals surface area contributed by atoms with Crippen LogP contribution in [0.5, 0.6) is 34.5 Å². The molecule has 0 unspecified atom stereocenters. The van der Waals surface area contributed by atoms with E-state index in [1.165, 1.54) is 0 Å². The monoisotopic (exact) mass is 1720 g/mol. The Morgan fingerprint density at radius 3 is 1.18 bits per heavy atom. The predicted octanol–water partition coefficient (Wildman–Crippen LogP) is 11.3. The Morgan fingerprint density at radius 1 is 0.483 bits per heavy atom. The maximum Gasteiger partial charge on any atom is 0.307 e. The Balaban J connectivity index is 0.990. The van der Waals surface area contributed by atoms with Gasteiger partial charge in [0.2, 0.25) is 0 Å². The van der Waals surface area contributed by atoms with Crippen molar-refractivity contribution >= 4 is 192 Å². The second kappa shape index (κ2) is 28.8. The molecule has 19 heteroatoms. The van der Waals surface area contributed by atoms with E-state index in [2.05, 4.69) is 191 Å². The summed E-state index contributed by atoms with van der Waals surface area (Å²) in [4.78, 5) is 22.7. The molecule has 60 heavy (non-hydrogen) atoms. The highest BCUT2D eigenvalue weighted by molar-refractivity contribution is 14.1. The van der Waals surface area contributed by atoms with Gasteiger partial charge in [-0.05, 0) is 273 Å². The normalized spacial score (nSPS) is 11.2. The van der Waals surface area contributed by atoms with Crippen LogP contribution in [-0.2, 0) is 31.9 Å². The SMILES string of the molecule is CC(=O)Cc1cc(I)c(Oc2cc(I)c(OCCCNCCOCCOCCNCCCOc3c(I)cc(Oc4c(I)cc(CC(=O)O)cc4I)cc3I)c(I)c2)c(I)c1. The van der Waals surface area contributed by atoms with Crippen molar-refractivity contribution in [3.8, 4) is 34.5 Å². The van der Waals surface area contributed by atoms with Gasteiger partial charge in [-0.1, -0.05) is 0 Å². The highest BCUT2D eigenvalue weighted by Crippen LogP contribution is 2.39. The van der Waals surface area contributed by atoms with Crippen molar-refractivity contribution in [2.75, 3.05) is 65.8 Å². The van der Waals surface area contributed by atoms with Crippen LogP contribution in [0.2, 0.25) is 0 Å². The molecule has 0 fully saturated rings. The van der Waals surface area contributed by atoms with E-state index < -0.39 is 5.97 Å². The molecule has 0 saturated carbocycles. The van der Waals surface area contributed by atoms with Crippen LogP contribution < -0.4 is 29.6 Å². The van der Waals surface area contributed by atoms with E-state index in [-0.39, 0.29) is 12.2 Å². The smallest absolute Gasteiger partial charge is 0.307 e. The number of Topliss-reactive ketones (excluding diaryl/α,β-unsaturated/α-hetero) is 1. The van der Waals surface area contributed by atoms with Crippen LogP contribution in [0.3, 0.4) is 0 Å². The van der Waals surface area contributed by atoms with E-state index in [1.54, 1.807) is 6.92 Å². The molecule has 4 aromatic carbocycles. The summed E-state index contributed by atoms with van der Waals surface area (Å²) in [5, 5.41) is 15.9. The summed E-state index contributed by atoms with van der Waals surface area (Å²) in [5.41, 5.74) is 1.74. The van der Waals surface area contributed by atoms with E-state index >= 15 is 0 Å². The van der Waals surface area contributed by atoms with E-state index in [0.717, 1.165) is 102 Å². The minimum absolute atomic E-state index is 0.0224. The molecular formula is C41H42I8N2O9. The van der Waals surface area contributed by atoms with Crippen molar-refractivity contribution in [2.45, 2.75) is 32.6 Å².